The van der Waals surface area contributed by atoms with E-state index < -0.39 is 11.8 Å². The third-order valence-electron chi connectivity index (χ3n) is 3.02. The van der Waals surface area contributed by atoms with Gasteiger partial charge in [0.15, 0.2) is 0 Å². The van der Waals surface area contributed by atoms with Gasteiger partial charge in [0.2, 0.25) is 0 Å². The molecule has 0 heterocycles. The fourth-order valence-electron chi connectivity index (χ4n) is 1.95. The summed E-state index contributed by atoms with van der Waals surface area (Å²) in [5.41, 5.74) is 2.36. The Kier molecular flexibility index (Phi) is 4.96. The number of hydrogen-bond acceptors (Lipinski definition) is 3. The van der Waals surface area contributed by atoms with Gasteiger partial charge in [-0.3, -0.25) is 4.79 Å². The van der Waals surface area contributed by atoms with Crippen LogP contribution in [0.1, 0.15) is 16.7 Å². The molecule has 2 rings (SSSR count). The molecule has 0 saturated carbocycles. The lowest BCUT2D eigenvalue weighted by molar-refractivity contribution is -0.146. The maximum absolute atomic E-state index is 11.1. The Morgan fingerprint density at radius 1 is 1.00 bits per heavy atom. The van der Waals surface area contributed by atoms with Gasteiger partial charge in [-0.25, -0.2) is 4.79 Å². The molecule has 0 spiro atoms. The molecule has 2 N–H and O–H groups in total. The van der Waals surface area contributed by atoms with Crippen LogP contribution in [-0.2, 0) is 16.0 Å². The summed E-state index contributed by atoms with van der Waals surface area (Å²) in [4.78, 5) is 21.6. The Hall–Kier alpha value is -2.59. The van der Waals surface area contributed by atoms with E-state index in [4.69, 9.17) is 16.7 Å². The lowest BCUT2D eigenvalue weighted by Crippen LogP contribution is -2.09. The Morgan fingerprint density at radius 3 is 2.32 bits per heavy atom. The molecule has 0 fully saturated rings. The van der Waals surface area contributed by atoms with Crippen LogP contribution < -0.4 is 0 Å². The lowest BCUT2D eigenvalue weighted by Gasteiger charge is -2.05. The third kappa shape index (κ3) is 4.20. The van der Waals surface area contributed by atoms with Crippen molar-refractivity contribution in [3.8, 4) is 0 Å². The van der Waals surface area contributed by atoms with Crippen molar-refractivity contribution in [2.24, 2.45) is 0 Å². The summed E-state index contributed by atoms with van der Waals surface area (Å²) in [7, 11) is 0. The highest BCUT2D eigenvalue weighted by Gasteiger charge is 2.10. The van der Waals surface area contributed by atoms with Crippen molar-refractivity contribution in [2.75, 3.05) is 0 Å². The van der Waals surface area contributed by atoms with Gasteiger partial charge in [0.05, 0.1) is 0 Å². The molecule has 0 unspecified atom stereocenters. The molecule has 2 aromatic rings. The number of aliphatic hydroxyl groups excluding tert-OH is 1. The molecule has 2 aromatic carbocycles. The fourth-order valence-corrected chi connectivity index (χ4v) is 2.07. The van der Waals surface area contributed by atoms with Crippen molar-refractivity contribution in [1.29, 1.82) is 0 Å². The number of aliphatic hydroxyl groups is 1. The average molecular weight is 317 g/mol. The van der Waals surface area contributed by atoms with Crippen LogP contribution in [0.25, 0.3) is 5.76 Å². The maximum Gasteiger partial charge on any atom is 0.376 e. The molecular weight excluding hydrogens is 304 g/mol. The van der Waals surface area contributed by atoms with Gasteiger partial charge in [0.25, 0.3) is 5.78 Å². The van der Waals surface area contributed by atoms with Crippen LogP contribution in [0, 0.1) is 0 Å². The highest BCUT2D eigenvalue weighted by atomic mass is 35.5. The number of aliphatic carboxylic acids is 1. The molecule has 5 heteroatoms. The summed E-state index contributed by atoms with van der Waals surface area (Å²) >= 11 is 5.84. The fraction of sp³-hybridized carbons (Fsp3) is 0.0588. The topological polar surface area (TPSA) is 74.6 Å². The van der Waals surface area contributed by atoms with Gasteiger partial charge in [0, 0.05) is 16.7 Å². The molecule has 0 radical (unpaired) electrons. The predicted molar refractivity (Wildman–Crippen MR) is 83.9 cm³/mol. The van der Waals surface area contributed by atoms with Crippen molar-refractivity contribution in [2.45, 2.75) is 6.42 Å². The largest absolute Gasteiger partial charge is 0.507 e. The van der Waals surface area contributed by atoms with Crippen LogP contribution in [0.3, 0.4) is 0 Å². The zero-order valence-electron chi connectivity index (χ0n) is 11.5. The van der Waals surface area contributed by atoms with Gasteiger partial charge in [-0.05, 0) is 35.7 Å². The number of carbonyl (C=O) groups is 2. The summed E-state index contributed by atoms with van der Waals surface area (Å²) in [6.45, 7) is 0. The Balaban J connectivity index is 2.21. The molecule has 0 aliphatic rings. The first-order valence-electron chi connectivity index (χ1n) is 6.47. The molecule has 0 bridgehead atoms. The molecule has 0 saturated heterocycles. The van der Waals surface area contributed by atoms with Crippen molar-refractivity contribution in [3.05, 3.63) is 76.3 Å². The zero-order valence-corrected chi connectivity index (χ0v) is 12.2. The van der Waals surface area contributed by atoms with Crippen molar-refractivity contribution < 1.29 is 19.8 Å². The summed E-state index contributed by atoms with van der Waals surface area (Å²) in [5, 5.41) is 19.0. The molecule has 112 valence electrons. The SMILES string of the molecule is O=C(O)C(=O)/C=C(\O)c1cccc(Cc2ccc(Cl)cc2)c1. The highest BCUT2D eigenvalue weighted by molar-refractivity contribution is 6.38. The maximum atomic E-state index is 11.1. The molecule has 0 aliphatic heterocycles. The van der Waals surface area contributed by atoms with Crippen LogP contribution in [0.15, 0.2) is 54.6 Å². The average Bonchev–Trinajstić information content (AvgIpc) is 2.49. The molecule has 22 heavy (non-hydrogen) atoms. The van der Waals surface area contributed by atoms with Crippen molar-refractivity contribution in [1.82, 2.24) is 0 Å². The monoisotopic (exact) mass is 316 g/mol. The minimum Gasteiger partial charge on any atom is -0.507 e. The minimum absolute atomic E-state index is 0.370. The second-order valence-electron chi connectivity index (χ2n) is 4.70. The number of carboxylic acids is 1. The lowest BCUT2D eigenvalue weighted by atomic mass is 10.0. The van der Waals surface area contributed by atoms with Gasteiger partial charge >= 0.3 is 5.97 Å². The Labute approximate surface area is 132 Å². The first-order valence-corrected chi connectivity index (χ1v) is 6.85. The van der Waals surface area contributed by atoms with E-state index in [2.05, 4.69) is 0 Å². The van der Waals surface area contributed by atoms with Crippen molar-refractivity contribution >= 4 is 29.1 Å². The van der Waals surface area contributed by atoms with Crippen LogP contribution in [0.5, 0.6) is 0 Å². The van der Waals surface area contributed by atoms with Crippen LogP contribution in [0.2, 0.25) is 5.02 Å². The number of benzene rings is 2. The van der Waals surface area contributed by atoms with E-state index in [0.29, 0.717) is 23.1 Å². The number of halogens is 1. The molecule has 0 aromatic heterocycles. The molecule has 4 nitrogen and oxygen atoms in total. The Bertz CT molecular complexity index is 733. The normalized spacial score (nSPS) is 11.2. The molecule has 0 atom stereocenters. The van der Waals surface area contributed by atoms with Gasteiger partial charge in [0.1, 0.15) is 5.76 Å². The smallest absolute Gasteiger partial charge is 0.376 e. The minimum atomic E-state index is -1.61. The highest BCUT2D eigenvalue weighted by Crippen LogP contribution is 2.17. The van der Waals surface area contributed by atoms with Gasteiger partial charge in [-0.15, -0.1) is 0 Å². The van der Waals surface area contributed by atoms with Gasteiger partial charge in [-0.2, -0.15) is 0 Å². The third-order valence-corrected chi connectivity index (χ3v) is 3.27. The first kappa shape index (κ1) is 15.8. The number of rotatable bonds is 5. The second-order valence-corrected chi connectivity index (χ2v) is 5.14. The van der Waals surface area contributed by atoms with E-state index in [1.54, 1.807) is 30.3 Å². The summed E-state index contributed by atoms with van der Waals surface area (Å²) < 4.78 is 0. The summed E-state index contributed by atoms with van der Waals surface area (Å²) in [5.74, 6) is -3.14. The molecular formula is C17H13ClO4. The first-order chi connectivity index (χ1) is 10.5. The van der Waals surface area contributed by atoms with Gasteiger partial charge < -0.3 is 10.2 Å². The van der Waals surface area contributed by atoms with Crippen molar-refractivity contribution in [3.63, 3.8) is 0 Å². The second kappa shape index (κ2) is 6.91. The van der Waals surface area contributed by atoms with E-state index in [1.807, 2.05) is 18.2 Å². The zero-order chi connectivity index (χ0) is 16.1. The number of hydrogen-bond donors (Lipinski definition) is 2. The molecule has 0 aliphatic carbocycles. The predicted octanol–water partition coefficient (Wildman–Crippen LogP) is 3.48. The summed E-state index contributed by atoms with van der Waals surface area (Å²) in [6, 6.07) is 14.3. The summed E-state index contributed by atoms with van der Waals surface area (Å²) in [6.07, 6.45) is 1.33. The standard InChI is InChI=1S/C17H13ClO4/c18-14-6-4-11(5-7-14)8-12-2-1-3-13(9-12)15(19)10-16(20)17(21)22/h1-7,9-10,19H,8H2,(H,21,22)/b15-10-. The number of ketones is 1. The van der Waals surface area contributed by atoms with Crippen LogP contribution >= 0.6 is 11.6 Å². The van der Waals surface area contributed by atoms with E-state index in [9.17, 15) is 14.7 Å². The van der Waals surface area contributed by atoms with E-state index in [-0.39, 0.29) is 5.76 Å². The molecule has 0 amide bonds. The van der Waals surface area contributed by atoms with E-state index >= 15 is 0 Å². The van der Waals surface area contributed by atoms with E-state index in [0.717, 1.165) is 11.1 Å². The Morgan fingerprint density at radius 2 is 1.68 bits per heavy atom. The number of carbonyl (C=O) groups excluding carboxylic acids is 1. The number of carboxylic acid groups (broad SMARTS) is 1. The van der Waals surface area contributed by atoms with Gasteiger partial charge in [-0.1, -0.05) is 41.9 Å². The van der Waals surface area contributed by atoms with Crippen LogP contribution in [0.4, 0.5) is 0 Å². The van der Waals surface area contributed by atoms with E-state index in [1.165, 1.54) is 0 Å². The van der Waals surface area contributed by atoms with Crippen LogP contribution in [-0.4, -0.2) is 22.0 Å². The quantitative estimate of drug-likeness (QED) is 0.503.